The third kappa shape index (κ3) is 5.78. The molecule has 0 unspecified atom stereocenters. The van der Waals surface area contributed by atoms with Crippen LogP contribution in [-0.4, -0.2) is 81.7 Å². The summed E-state index contributed by atoms with van der Waals surface area (Å²) in [4.78, 5) is 44.5. The number of aromatic amines is 1. The lowest BCUT2D eigenvalue weighted by Gasteiger charge is -2.41. The summed E-state index contributed by atoms with van der Waals surface area (Å²) in [6, 6.07) is 1.82. The minimum Gasteiger partial charge on any atom is -0.345 e. The topological polar surface area (TPSA) is 119 Å². The van der Waals surface area contributed by atoms with Crippen molar-refractivity contribution in [1.29, 1.82) is 0 Å². The van der Waals surface area contributed by atoms with Gasteiger partial charge in [-0.3, -0.25) is 4.79 Å². The molecule has 10 nitrogen and oxygen atoms in total. The van der Waals surface area contributed by atoms with E-state index in [1.807, 2.05) is 12.2 Å². The molecule has 36 heavy (non-hydrogen) atoms. The first kappa shape index (κ1) is 25.5. The molecule has 3 aromatic heterocycles. The monoisotopic (exact) mass is 530 g/mol. The average Bonchev–Trinajstić information content (AvgIpc) is 3.28. The number of carbonyl (C=O) groups excluding carboxylic acids is 2. The molecule has 1 aliphatic heterocycles. The summed E-state index contributed by atoms with van der Waals surface area (Å²) in [7, 11) is 0. The molecule has 0 saturated carbocycles. The number of rotatable bonds is 6. The van der Waals surface area contributed by atoms with Crippen molar-refractivity contribution in [2.24, 2.45) is 0 Å². The van der Waals surface area contributed by atoms with E-state index in [4.69, 9.17) is 11.6 Å². The van der Waals surface area contributed by atoms with Crippen LogP contribution in [0, 0.1) is 0 Å². The fourth-order valence-electron chi connectivity index (χ4n) is 3.92. The highest BCUT2D eigenvalue weighted by molar-refractivity contribution is 6.31. The number of nitrogens with one attached hydrogen (secondary N) is 3. The van der Waals surface area contributed by atoms with Crippen LogP contribution in [0.1, 0.15) is 17.6 Å². The number of halogens is 4. The molecule has 0 spiro atoms. The van der Waals surface area contributed by atoms with E-state index in [0.29, 0.717) is 39.8 Å². The zero-order valence-corrected chi connectivity index (χ0v) is 20.0. The average molecular weight is 531 g/mol. The van der Waals surface area contributed by atoms with E-state index in [9.17, 15) is 22.8 Å². The molecule has 4 rings (SSSR count). The Morgan fingerprint density at radius 2 is 2.08 bits per heavy atom. The van der Waals surface area contributed by atoms with Crippen LogP contribution in [0.4, 0.5) is 23.8 Å². The van der Waals surface area contributed by atoms with Crippen LogP contribution in [0.5, 0.6) is 0 Å². The van der Waals surface area contributed by atoms with E-state index in [2.05, 4.69) is 25.3 Å². The van der Waals surface area contributed by atoms with Crippen LogP contribution in [-0.2, 0) is 4.79 Å². The third-order valence-electron chi connectivity index (χ3n) is 5.63. The van der Waals surface area contributed by atoms with E-state index in [1.54, 1.807) is 23.2 Å². The summed E-state index contributed by atoms with van der Waals surface area (Å²) in [5.74, 6) is -0.200. The van der Waals surface area contributed by atoms with Crippen LogP contribution in [0.3, 0.4) is 0 Å². The lowest BCUT2D eigenvalue weighted by molar-refractivity contribution is -0.139. The second-order valence-corrected chi connectivity index (χ2v) is 8.65. The van der Waals surface area contributed by atoms with Crippen LogP contribution < -0.4 is 15.5 Å². The second-order valence-electron chi connectivity index (χ2n) is 8.21. The highest BCUT2D eigenvalue weighted by Gasteiger charge is 2.37. The van der Waals surface area contributed by atoms with Gasteiger partial charge in [-0.05, 0) is 18.6 Å². The molecule has 0 aromatic carbocycles. The number of piperazine rings is 1. The number of fused-ring (bicyclic) bond motifs is 1. The first-order chi connectivity index (χ1) is 17.2. The predicted octanol–water partition coefficient (Wildman–Crippen LogP) is 3.70. The van der Waals surface area contributed by atoms with Gasteiger partial charge < -0.3 is 25.4 Å². The number of carbonyl (C=O) groups is 2. The molecular weight excluding hydrogens is 501 g/mol. The standard InChI is InChI=1S/C22H24ClF3N8O2.3H2/c1-2-4-28-21(36)33-6-7-34(16(11-33)20(35)31-12-22(24,25)26)17-3-5-27-19(32-17)15-10-30-18-14(15)8-13(23)9-29-18;;;/h3,5,8-10,16H,2,4,6-7,11-12H2,1H3,(H,28,36)(H,29,30)(H,31,35);3*1H/t16-;;;/m1.../s1. The van der Waals surface area contributed by atoms with Gasteiger partial charge in [-0.15, -0.1) is 0 Å². The number of hydrogen-bond donors (Lipinski definition) is 3. The van der Waals surface area contributed by atoms with Gasteiger partial charge in [0.2, 0.25) is 5.91 Å². The van der Waals surface area contributed by atoms with Crippen LogP contribution in [0.15, 0.2) is 30.7 Å². The van der Waals surface area contributed by atoms with Crippen LogP contribution >= 0.6 is 11.6 Å². The minimum absolute atomic E-state index is 0. The molecule has 3 N–H and O–H groups in total. The molecule has 1 fully saturated rings. The van der Waals surface area contributed by atoms with Crippen molar-refractivity contribution in [2.45, 2.75) is 25.6 Å². The number of hydrogen-bond acceptors (Lipinski definition) is 6. The van der Waals surface area contributed by atoms with Gasteiger partial charge >= 0.3 is 12.2 Å². The maximum absolute atomic E-state index is 12.9. The highest BCUT2D eigenvalue weighted by Crippen LogP contribution is 2.29. The third-order valence-corrected chi connectivity index (χ3v) is 5.84. The quantitative estimate of drug-likeness (QED) is 0.447. The van der Waals surface area contributed by atoms with Crippen molar-refractivity contribution in [3.05, 3.63) is 35.7 Å². The van der Waals surface area contributed by atoms with Gasteiger partial charge in [-0.1, -0.05) is 18.5 Å². The first-order valence-corrected chi connectivity index (χ1v) is 11.6. The predicted molar refractivity (Wildman–Crippen MR) is 134 cm³/mol. The van der Waals surface area contributed by atoms with Crippen molar-refractivity contribution in [1.82, 2.24) is 35.5 Å². The van der Waals surface area contributed by atoms with Crippen LogP contribution in [0.2, 0.25) is 5.02 Å². The SMILES string of the molecule is CCCNC(=O)N1CCN(c2ccnc(-c3c[nH]c4ncc(Cl)cc34)n2)[C@@H](C(=O)NCC(F)(F)F)C1.[HH].[HH].[HH]. The van der Waals surface area contributed by atoms with E-state index in [0.717, 1.165) is 6.42 Å². The Balaban J connectivity index is 0.00000253. The Hall–Kier alpha value is -3.61. The number of nitrogens with zero attached hydrogens (tertiary/aromatic N) is 5. The minimum atomic E-state index is -4.57. The van der Waals surface area contributed by atoms with Gasteiger partial charge in [-0.2, -0.15) is 13.2 Å². The van der Waals surface area contributed by atoms with Gasteiger partial charge in [0.25, 0.3) is 0 Å². The van der Waals surface area contributed by atoms with Crippen molar-refractivity contribution in [2.75, 3.05) is 37.6 Å². The zero-order chi connectivity index (χ0) is 25.9. The number of alkyl halides is 3. The number of amides is 3. The number of H-pyrrole nitrogens is 1. The lowest BCUT2D eigenvalue weighted by atomic mass is 10.1. The molecule has 1 saturated heterocycles. The smallest absolute Gasteiger partial charge is 0.345 e. The molecule has 0 radical (unpaired) electrons. The molecule has 4 heterocycles. The Morgan fingerprint density at radius 3 is 2.83 bits per heavy atom. The summed E-state index contributed by atoms with van der Waals surface area (Å²) >= 11 is 6.09. The highest BCUT2D eigenvalue weighted by atomic mass is 35.5. The number of urea groups is 1. The van der Waals surface area contributed by atoms with E-state index < -0.39 is 24.7 Å². The first-order valence-electron chi connectivity index (χ1n) is 11.3. The summed E-state index contributed by atoms with van der Waals surface area (Å²) in [6.07, 6.45) is 0.831. The Labute approximate surface area is 213 Å². The van der Waals surface area contributed by atoms with Gasteiger partial charge in [0.15, 0.2) is 5.82 Å². The molecular formula is C22H30ClF3N8O2. The summed E-state index contributed by atoms with van der Waals surface area (Å²) in [5, 5.41) is 5.78. The normalized spacial score (nSPS) is 16.3. The van der Waals surface area contributed by atoms with E-state index in [1.165, 1.54) is 17.3 Å². The number of anilines is 1. The van der Waals surface area contributed by atoms with Gasteiger partial charge in [0, 0.05) is 53.5 Å². The molecule has 3 aromatic rings. The fraction of sp³-hybridized carbons (Fsp3) is 0.409. The van der Waals surface area contributed by atoms with Gasteiger partial charge in [0.1, 0.15) is 24.1 Å². The summed E-state index contributed by atoms with van der Waals surface area (Å²) in [5.41, 5.74) is 1.21. The van der Waals surface area contributed by atoms with Gasteiger partial charge in [-0.25, -0.2) is 19.7 Å². The Kier molecular flexibility index (Phi) is 7.48. The van der Waals surface area contributed by atoms with Crippen molar-refractivity contribution < 1.29 is 27.0 Å². The molecule has 3 amide bonds. The number of pyridine rings is 1. The molecule has 1 aliphatic rings. The van der Waals surface area contributed by atoms with Crippen molar-refractivity contribution in [3.63, 3.8) is 0 Å². The maximum atomic E-state index is 12.9. The van der Waals surface area contributed by atoms with Crippen molar-refractivity contribution in [3.8, 4) is 11.4 Å². The zero-order valence-electron chi connectivity index (χ0n) is 19.3. The summed E-state index contributed by atoms with van der Waals surface area (Å²) < 4.78 is 38.3. The largest absolute Gasteiger partial charge is 0.405 e. The molecule has 0 bridgehead atoms. The Morgan fingerprint density at radius 1 is 1.28 bits per heavy atom. The second kappa shape index (κ2) is 10.6. The van der Waals surface area contributed by atoms with Crippen LogP contribution in [0.25, 0.3) is 22.4 Å². The molecule has 198 valence electrons. The Bertz CT molecular complexity index is 1270. The fourth-order valence-corrected chi connectivity index (χ4v) is 4.07. The molecule has 0 aliphatic carbocycles. The number of aromatic nitrogens is 4. The van der Waals surface area contributed by atoms with Gasteiger partial charge in [0.05, 0.1) is 11.6 Å². The summed E-state index contributed by atoms with van der Waals surface area (Å²) in [6.45, 7) is 1.20. The molecule has 14 heteroatoms. The van der Waals surface area contributed by atoms with E-state index >= 15 is 0 Å². The van der Waals surface area contributed by atoms with E-state index in [-0.39, 0.29) is 29.9 Å². The maximum Gasteiger partial charge on any atom is 0.405 e. The van der Waals surface area contributed by atoms with Crippen molar-refractivity contribution >= 4 is 40.4 Å². The molecule has 1 atom stereocenters. The lowest BCUT2D eigenvalue weighted by Crippen LogP contribution is -2.62.